The van der Waals surface area contributed by atoms with Crippen molar-refractivity contribution >= 4 is 29.3 Å². The molecular formula is C15H21ClN2O2. The summed E-state index contributed by atoms with van der Waals surface area (Å²) in [5.41, 5.74) is 2.20. The Morgan fingerprint density at radius 1 is 1.35 bits per heavy atom. The van der Waals surface area contributed by atoms with Crippen LogP contribution in [-0.2, 0) is 18.3 Å². The average molecular weight is 297 g/mol. The van der Waals surface area contributed by atoms with Crippen molar-refractivity contribution in [3.63, 3.8) is 0 Å². The van der Waals surface area contributed by atoms with Crippen LogP contribution >= 0.6 is 12.4 Å². The number of carboxylic acid groups (broad SMARTS) is 1. The molecule has 0 aliphatic rings. The van der Waals surface area contributed by atoms with E-state index in [2.05, 4.69) is 5.32 Å². The van der Waals surface area contributed by atoms with Gasteiger partial charge in [-0.2, -0.15) is 0 Å². The Morgan fingerprint density at radius 2 is 2.00 bits per heavy atom. The van der Waals surface area contributed by atoms with E-state index in [-0.39, 0.29) is 18.4 Å². The fraction of sp³-hybridized carbons (Fsp3) is 0.400. The van der Waals surface area contributed by atoms with Crippen LogP contribution in [0.3, 0.4) is 0 Å². The maximum absolute atomic E-state index is 11.3. The van der Waals surface area contributed by atoms with E-state index in [1.165, 1.54) is 0 Å². The predicted molar refractivity (Wildman–Crippen MR) is 83.6 cm³/mol. The number of aliphatic carboxylic acids is 1. The zero-order valence-corrected chi connectivity index (χ0v) is 12.8. The van der Waals surface area contributed by atoms with Crippen molar-refractivity contribution in [2.45, 2.75) is 32.4 Å². The number of carboxylic acids is 1. The number of hydrogen-bond donors (Lipinski definition) is 2. The fourth-order valence-corrected chi connectivity index (χ4v) is 2.43. The van der Waals surface area contributed by atoms with Crippen LogP contribution in [0.2, 0.25) is 0 Å². The lowest BCUT2D eigenvalue weighted by molar-refractivity contribution is -0.139. The van der Waals surface area contributed by atoms with E-state index in [1.54, 1.807) is 0 Å². The Balaban J connectivity index is 0.00000200. The zero-order chi connectivity index (χ0) is 14.0. The third kappa shape index (κ3) is 3.52. The summed E-state index contributed by atoms with van der Waals surface area (Å²) in [6, 6.07) is 7.66. The summed E-state index contributed by atoms with van der Waals surface area (Å²) in [6.07, 6.45) is 2.51. The number of nitrogens with one attached hydrogen (secondary N) is 1. The van der Waals surface area contributed by atoms with Gasteiger partial charge in [-0.05, 0) is 11.6 Å². The van der Waals surface area contributed by atoms with Gasteiger partial charge in [-0.1, -0.05) is 32.0 Å². The molecule has 0 aliphatic heterocycles. The minimum Gasteiger partial charge on any atom is -0.480 e. The highest BCUT2D eigenvalue weighted by Crippen LogP contribution is 2.21. The van der Waals surface area contributed by atoms with E-state index in [4.69, 9.17) is 0 Å². The molecule has 0 spiro atoms. The molecule has 20 heavy (non-hydrogen) atoms. The molecule has 0 aliphatic carbocycles. The molecule has 1 heterocycles. The molecule has 0 bridgehead atoms. The second-order valence-electron chi connectivity index (χ2n) is 5.20. The number of aryl methyl sites for hydroxylation is 1. The second-order valence-corrected chi connectivity index (χ2v) is 5.20. The Morgan fingerprint density at radius 3 is 2.60 bits per heavy atom. The van der Waals surface area contributed by atoms with E-state index in [9.17, 15) is 9.90 Å². The Bertz CT molecular complexity index is 593. The highest BCUT2D eigenvalue weighted by atomic mass is 35.5. The molecule has 1 aromatic heterocycles. The summed E-state index contributed by atoms with van der Waals surface area (Å²) in [5, 5.41) is 13.5. The van der Waals surface area contributed by atoms with Crippen molar-refractivity contribution in [3.8, 4) is 0 Å². The number of carbonyl (C=O) groups is 1. The fourth-order valence-electron chi connectivity index (χ4n) is 2.43. The highest BCUT2D eigenvalue weighted by molar-refractivity contribution is 5.85. The molecular weight excluding hydrogens is 276 g/mol. The van der Waals surface area contributed by atoms with Crippen molar-refractivity contribution in [1.82, 2.24) is 9.88 Å². The van der Waals surface area contributed by atoms with Crippen molar-refractivity contribution in [3.05, 3.63) is 36.0 Å². The molecule has 2 N–H and O–H groups in total. The molecule has 0 radical (unpaired) electrons. The van der Waals surface area contributed by atoms with Gasteiger partial charge in [0.2, 0.25) is 0 Å². The van der Waals surface area contributed by atoms with Crippen LogP contribution in [-0.4, -0.2) is 27.7 Å². The standard InChI is InChI=1S/C15H20N2O2.ClH/c1-10(2)16-13(15(18)19)8-11-9-17(3)14-7-5-4-6-12(11)14;/h4-7,9-10,13,16H,8H2,1-3H3,(H,18,19);1H/t13-;/m1./s1. The summed E-state index contributed by atoms with van der Waals surface area (Å²) in [6.45, 7) is 3.91. The van der Waals surface area contributed by atoms with Gasteiger partial charge in [-0.15, -0.1) is 12.4 Å². The predicted octanol–water partition coefficient (Wildman–Crippen LogP) is 2.59. The summed E-state index contributed by atoms with van der Waals surface area (Å²) < 4.78 is 2.04. The summed E-state index contributed by atoms with van der Waals surface area (Å²) in [4.78, 5) is 11.3. The monoisotopic (exact) mass is 296 g/mol. The molecule has 0 unspecified atom stereocenters. The van der Waals surface area contributed by atoms with E-state index in [0.717, 1.165) is 16.5 Å². The molecule has 0 saturated heterocycles. The van der Waals surface area contributed by atoms with Gasteiger partial charge >= 0.3 is 5.97 Å². The van der Waals surface area contributed by atoms with Gasteiger partial charge in [-0.3, -0.25) is 4.79 Å². The Hall–Kier alpha value is -1.52. The first kappa shape index (κ1) is 16.5. The van der Waals surface area contributed by atoms with Gasteiger partial charge in [-0.25, -0.2) is 0 Å². The van der Waals surface area contributed by atoms with Crippen LogP contribution in [0, 0.1) is 0 Å². The molecule has 2 aromatic rings. The molecule has 4 nitrogen and oxygen atoms in total. The molecule has 2 rings (SSSR count). The van der Waals surface area contributed by atoms with Crippen molar-refractivity contribution < 1.29 is 9.90 Å². The first-order valence-corrected chi connectivity index (χ1v) is 6.51. The number of hydrogen-bond acceptors (Lipinski definition) is 2. The third-order valence-corrected chi connectivity index (χ3v) is 3.24. The van der Waals surface area contributed by atoms with Crippen LogP contribution in [0.4, 0.5) is 0 Å². The van der Waals surface area contributed by atoms with Crippen LogP contribution < -0.4 is 5.32 Å². The molecule has 1 aromatic carbocycles. The van der Waals surface area contributed by atoms with Crippen LogP contribution in [0.5, 0.6) is 0 Å². The van der Waals surface area contributed by atoms with Crippen LogP contribution in [0.15, 0.2) is 30.5 Å². The largest absolute Gasteiger partial charge is 0.480 e. The Labute approximate surface area is 125 Å². The normalized spacial score (nSPS) is 12.4. The molecule has 1 atom stereocenters. The first-order valence-electron chi connectivity index (χ1n) is 6.51. The van der Waals surface area contributed by atoms with Gasteiger partial charge in [0, 0.05) is 36.6 Å². The molecule has 5 heteroatoms. The van der Waals surface area contributed by atoms with Gasteiger partial charge in [0.05, 0.1) is 0 Å². The summed E-state index contributed by atoms with van der Waals surface area (Å²) >= 11 is 0. The number of benzene rings is 1. The van der Waals surface area contributed by atoms with Crippen LogP contribution in [0.25, 0.3) is 10.9 Å². The lowest BCUT2D eigenvalue weighted by atomic mass is 10.0. The number of para-hydroxylation sites is 1. The topological polar surface area (TPSA) is 54.3 Å². The lowest BCUT2D eigenvalue weighted by Gasteiger charge is -2.16. The molecule has 0 fully saturated rings. The number of nitrogens with zero attached hydrogens (tertiary/aromatic N) is 1. The lowest BCUT2D eigenvalue weighted by Crippen LogP contribution is -2.42. The average Bonchev–Trinajstić information content (AvgIpc) is 2.66. The number of aromatic nitrogens is 1. The van der Waals surface area contributed by atoms with Gasteiger partial charge in [0.15, 0.2) is 0 Å². The van der Waals surface area contributed by atoms with Crippen LogP contribution in [0.1, 0.15) is 19.4 Å². The minimum absolute atomic E-state index is 0. The minimum atomic E-state index is -0.804. The number of halogens is 1. The van der Waals surface area contributed by atoms with Crippen molar-refractivity contribution in [2.24, 2.45) is 7.05 Å². The van der Waals surface area contributed by atoms with E-state index in [0.29, 0.717) is 6.42 Å². The van der Waals surface area contributed by atoms with Gasteiger partial charge in [0.25, 0.3) is 0 Å². The number of fused-ring (bicyclic) bond motifs is 1. The van der Waals surface area contributed by atoms with E-state index in [1.807, 2.05) is 55.9 Å². The summed E-state index contributed by atoms with van der Waals surface area (Å²) in [7, 11) is 1.98. The zero-order valence-electron chi connectivity index (χ0n) is 12.0. The maximum Gasteiger partial charge on any atom is 0.321 e. The van der Waals surface area contributed by atoms with Crippen molar-refractivity contribution in [1.29, 1.82) is 0 Å². The second kappa shape index (κ2) is 6.77. The SMILES string of the molecule is CC(C)N[C@H](Cc1cn(C)c2ccccc12)C(=O)O.Cl. The third-order valence-electron chi connectivity index (χ3n) is 3.24. The first-order chi connectivity index (χ1) is 8.99. The van der Waals surface area contributed by atoms with Gasteiger partial charge < -0.3 is 15.0 Å². The van der Waals surface area contributed by atoms with Crippen molar-refractivity contribution in [2.75, 3.05) is 0 Å². The molecule has 110 valence electrons. The quantitative estimate of drug-likeness (QED) is 0.892. The Kier molecular flexibility index (Phi) is 5.60. The highest BCUT2D eigenvalue weighted by Gasteiger charge is 2.20. The molecule has 0 amide bonds. The van der Waals surface area contributed by atoms with Gasteiger partial charge in [0.1, 0.15) is 6.04 Å². The number of rotatable bonds is 5. The van der Waals surface area contributed by atoms with E-state index >= 15 is 0 Å². The summed E-state index contributed by atoms with van der Waals surface area (Å²) in [5.74, 6) is -0.804. The molecule has 0 saturated carbocycles. The maximum atomic E-state index is 11.3. The smallest absolute Gasteiger partial charge is 0.321 e. The van der Waals surface area contributed by atoms with E-state index < -0.39 is 12.0 Å².